The summed E-state index contributed by atoms with van der Waals surface area (Å²) < 4.78 is 4.92. The Bertz CT molecular complexity index is 2250. The number of fused-ring (bicyclic) bond motifs is 7. The van der Waals surface area contributed by atoms with Gasteiger partial charge in [-0.05, 0) is 76.2 Å². The quantitative estimate of drug-likeness (QED) is 0.0618. The topological polar surface area (TPSA) is 32.1 Å². The van der Waals surface area contributed by atoms with Crippen LogP contribution in [0, 0.1) is 23.7 Å². The molecule has 0 aliphatic rings. The molecule has 204 valence electrons. The standard InChI is InChI=1S/C37H35IN3/c1-21-27-16-22(18-36(2,3)4)8-11-25(27)29(19-37(5,6)38)34-31(21)35-32-24(14-15-40(35)7)10-12-26-28-17-23(20-39)9-13-30(28)41(34)33(26)32/h8-17H,18-19H2,1-7H3/q+1. The van der Waals surface area contributed by atoms with Crippen molar-refractivity contribution in [2.45, 2.75) is 57.8 Å². The highest BCUT2D eigenvalue weighted by molar-refractivity contribution is 14.1. The molecule has 0 unspecified atom stereocenters. The molecule has 3 heterocycles. The molecule has 3 aromatic heterocycles. The van der Waals surface area contributed by atoms with E-state index in [-0.39, 0.29) is 8.84 Å². The van der Waals surface area contributed by atoms with Crippen LogP contribution in [0.2, 0.25) is 0 Å². The molecular weight excluding hydrogens is 613 g/mol. The van der Waals surface area contributed by atoms with E-state index in [1.165, 1.54) is 71.1 Å². The molecule has 4 aromatic carbocycles. The molecule has 0 saturated carbocycles. The Kier molecular flexibility index (Phi) is 5.67. The Hall–Kier alpha value is -3.43. The van der Waals surface area contributed by atoms with Gasteiger partial charge >= 0.3 is 0 Å². The van der Waals surface area contributed by atoms with Crippen LogP contribution in [0.25, 0.3) is 59.8 Å². The molecule has 0 spiro atoms. The average molecular weight is 649 g/mol. The SMILES string of the molecule is Cc1c2cc(CC(C)(C)C)ccc2c(CC(C)(C)I)c2c1c1c3c(ccc4c5cc(C#N)ccc5n2c43)cc[n+]1C. The van der Waals surface area contributed by atoms with Gasteiger partial charge in [-0.25, -0.2) is 4.57 Å². The number of aryl methyl sites for hydroxylation is 2. The van der Waals surface area contributed by atoms with E-state index < -0.39 is 0 Å². The third kappa shape index (κ3) is 4.00. The summed E-state index contributed by atoms with van der Waals surface area (Å²) in [6.45, 7) is 13.9. The normalized spacial score (nSPS) is 13.0. The smallest absolute Gasteiger partial charge is 0.224 e. The number of hydrogen-bond donors (Lipinski definition) is 0. The van der Waals surface area contributed by atoms with Crippen LogP contribution in [0.15, 0.2) is 60.8 Å². The second-order valence-electron chi connectivity index (χ2n) is 13.7. The van der Waals surface area contributed by atoms with Gasteiger partial charge in [0.1, 0.15) is 7.05 Å². The van der Waals surface area contributed by atoms with Crippen molar-refractivity contribution in [3.8, 4) is 6.07 Å². The van der Waals surface area contributed by atoms with Crippen LogP contribution in [0.4, 0.5) is 0 Å². The Morgan fingerprint density at radius 2 is 1.59 bits per heavy atom. The van der Waals surface area contributed by atoms with Gasteiger partial charge in [0.2, 0.25) is 5.52 Å². The predicted octanol–water partition coefficient (Wildman–Crippen LogP) is 9.49. The first-order valence-electron chi connectivity index (χ1n) is 14.4. The minimum Gasteiger partial charge on any atom is -0.307 e. The van der Waals surface area contributed by atoms with Crippen LogP contribution >= 0.6 is 22.6 Å². The number of aromatic nitrogens is 2. The zero-order valence-corrected chi connectivity index (χ0v) is 27.1. The summed E-state index contributed by atoms with van der Waals surface area (Å²) in [5.74, 6) is 0. The van der Waals surface area contributed by atoms with E-state index >= 15 is 0 Å². The second kappa shape index (κ2) is 8.79. The lowest BCUT2D eigenvalue weighted by Crippen LogP contribution is -2.29. The maximum Gasteiger partial charge on any atom is 0.224 e. The number of nitrogens with zero attached hydrogens (tertiary/aromatic N) is 3. The average Bonchev–Trinajstić information content (AvgIpc) is 3.23. The number of nitriles is 1. The highest BCUT2D eigenvalue weighted by Crippen LogP contribution is 2.45. The maximum atomic E-state index is 9.77. The van der Waals surface area contributed by atoms with Crippen molar-refractivity contribution in [3.63, 3.8) is 0 Å². The molecule has 0 aliphatic heterocycles. The minimum atomic E-state index is 0.0685. The lowest BCUT2D eigenvalue weighted by atomic mass is 9.84. The van der Waals surface area contributed by atoms with E-state index in [0.29, 0.717) is 5.56 Å². The molecule has 0 fully saturated rings. The summed E-state index contributed by atoms with van der Waals surface area (Å²) >= 11 is 2.61. The van der Waals surface area contributed by atoms with Crippen LogP contribution in [0.5, 0.6) is 0 Å². The summed E-state index contributed by atoms with van der Waals surface area (Å²) in [4.78, 5) is 0. The van der Waals surface area contributed by atoms with Gasteiger partial charge in [0.15, 0.2) is 6.20 Å². The van der Waals surface area contributed by atoms with Crippen molar-refractivity contribution in [2.24, 2.45) is 12.5 Å². The van der Waals surface area contributed by atoms with Crippen molar-refractivity contribution < 1.29 is 4.57 Å². The number of alkyl halides is 1. The van der Waals surface area contributed by atoms with Crippen molar-refractivity contribution in [1.82, 2.24) is 4.40 Å². The van der Waals surface area contributed by atoms with E-state index in [4.69, 9.17) is 0 Å². The van der Waals surface area contributed by atoms with Crippen LogP contribution in [0.3, 0.4) is 0 Å². The highest BCUT2D eigenvalue weighted by Gasteiger charge is 2.29. The lowest BCUT2D eigenvalue weighted by Gasteiger charge is -2.24. The summed E-state index contributed by atoms with van der Waals surface area (Å²) in [6.07, 6.45) is 4.20. The fraction of sp³-hybridized carbons (Fsp3) is 0.297. The van der Waals surface area contributed by atoms with Crippen LogP contribution in [-0.4, -0.2) is 7.82 Å². The summed E-state index contributed by atoms with van der Waals surface area (Å²) in [5, 5.41) is 18.7. The number of benzene rings is 4. The molecule has 0 radical (unpaired) electrons. The van der Waals surface area contributed by atoms with Crippen molar-refractivity contribution in [1.29, 1.82) is 5.26 Å². The number of pyridine rings is 2. The van der Waals surface area contributed by atoms with Crippen LogP contribution in [-0.2, 0) is 19.9 Å². The van der Waals surface area contributed by atoms with E-state index in [1.807, 2.05) is 6.07 Å². The molecule has 0 N–H and O–H groups in total. The summed E-state index contributed by atoms with van der Waals surface area (Å²) in [6, 6.07) is 22.5. The zero-order chi connectivity index (χ0) is 29.0. The molecule has 3 nitrogen and oxygen atoms in total. The molecule has 7 rings (SSSR count). The van der Waals surface area contributed by atoms with E-state index in [2.05, 4.69) is 141 Å². The molecule has 0 saturated heterocycles. The minimum absolute atomic E-state index is 0.0685. The fourth-order valence-electron chi connectivity index (χ4n) is 7.17. The molecule has 7 aromatic rings. The Morgan fingerprint density at radius 1 is 0.829 bits per heavy atom. The van der Waals surface area contributed by atoms with Gasteiger partial charge in [-0.1, -0.05) is 87.5 Å². The third-order valence-corrected chi connectivity index (χ3v) is 9.04. The Labute approximate surface area is 254 Å². The van der Waals surface area contributed by atoms with Gasteiger partial charge in [-0.3, -0.25) is 0 Å². The molecule has 0 aliphatic carbocycles. The highest BCUT2D eigenvalue weighted by atomic mass is 127. The van der Waals surface area contributed by atoms with Gasteiger partial charge in [0.25, 0.3) is 0 Å². The monoisotopic (exact) mass is 648 g/mol. The largest absolute Gasteiger partial charge is 0.307 e. The second-order valence-corrected chi connectivity index (χ2v) is 16.6. The van der Waals surface area contributed by atoms with E-state index in [0.717, 1.165) is 18.2 Å². The Balaban J connectivity index is 1.82. The zero-order valence-electron chi connectivity index (χ0n) is 24.9. The predicted molar refractivity (Wildman–Crippen MR) is 182 cm³/mol. The van der Waals surface area contributed by atoms with E-state index in [1.54, 1.807) is 0 Å². The van der Waals surface area contributed by atoms with Gasteiger partial charge in [-0.2, -0.15) is 5.26 Å². The number of halogens is 1. The first-order chi connectivity index (χ1) is 19.4. The van der Waals surface area contributed by atoms with Gasteiger partial charge in [0.05, 0.1) is 39.0 Å². The third-order valence-electron chi connectivity index (χ3n) is 8.66. The maximum absolute atomic E-state index is 9.77. The lowest BCUT2D eigenvalue weighted by molar-refractivity contribution is -0.643. The first-order valence-corrected chi connectivity index (χ1v) is 15.5. The first kappa shape index (κ1) is 26.5. The molecule has 0 amide bonds. The van der Waals surface area contributed by atoms with Gasteiger partial charge in [0, 0.05) is 20.3 Å². The summed E-state index contributed by atoms with van der Waals surface area (Å²) in [7, 11) is 2.19. The van der Waals surface area contributed by atoms with Gasteiger partial charge < -0.3 is 4.40 Å². The van der Waals surface area contributed by atoms with Gasteiger partial charge in [-0.15, -0.1) is 0 Å². The number of rotatable bonds is 3. The molecule has 0 atom stereocenters. The van der Waals surface area contributed by atoms with Crippen LogP contribution in [0.1, 0.15) is 56.9 Å². The van der Waals surface area contributed by atoms with E-state index in [9.17, 15) is 5.26 Å². The molecule has 4 heteroatoms. The molecule has 0 bridgehead atoms. The number of hydrogen-bond acceptors (Lipinski definition) is 1. The fourth-order valence-corrected chi connectivity index (χ4v) is 7.55. The van der Waals surface area contributed by atoms with Crippen molar-refractivity contribution >= 4 is 82.4 Å². The molecular formula is C37H35IN3+. The molecule has 41 heavy (non-hydrogen) atoms. The summed E-state index contributed by atoms with van der Waals surface area (Å²) in [5.41, 5.74) is 10.1. The van der Waals surface area contributed by atoms with Crippen LogP contribution < -0.4 is 4.57 Å². The van der Waals surface area contributed by atoms with Crippen molar-refractivity contribution in [2.75, 3.05) is 0 Å². The van der Waals surface area contributed by atoms with Crippen molar-refractivity contribution in [3.05, 3.63) is 83.0 Å². The Morgan fingerprint density at radius 3 is 2.29 bits per heavy atom.